The Kier molecular flexibility index (Phi) is 4.02. The molecule has 0 saturated carbocycles. The fourth-order valence-corrected chi connectivity index (χ4v) is 3.36. The first-order valence-corrected chi connectivity index (χ1v) is 7.78. The van der Waals surface area contributed by atoms with Gasteiger partial charge >= 0.3 is 0 Å². The Morgan fingerprint density at radius 2 is 2.10 bits per heavy atom. The summed E-state index contributed by atoms with van der Waals surface area (Å²) < 4.78 is 52.3. The van der Waals surface area contributed by atoms with E-state index >= 15 is 0 Å². The highest BCUT2D eigenvalue weighted by Gasteiger charge is 2.27. The van der Waals surface area contributed by atoms with E-state index in [9.17, 15) is 17.2 Å². The largest absolute Gasteiger partial charge is 0.399 e. The van der Waals surface area contributed by atoms with Crippen molar-refractivity contribution < 1.29 is 17.2 Å². The first-order valence-electron chi connectivity index (χ1n) is 5.40. The lowest BCUT2D eigenvalue weighted by Crippen LogP contribution is -2.27. The number of thiazole rings is 1. The standard InChI is InChI=1S/C11H11F2N3O2S2/c1-16(4-8-5-19-6-15-8)20(17,18)10-3-7(14)2-9(12)11(10)13/h2-3,5-6H,4,14H2,1H3. The Labute approximate surface area is 118 Å². The van der Waals surface area contributed by atoms with E-state index < -0.39 is 26.6 Å². The number of anilines is 1. The average molecular weight is 319 g/mol. The van der Waals surface area contributed by atoms with E-state index in [0.29, 0.717) is 5.69 Å². The van der Waals surface area contributed by atoms with Gasteiger partial charge in [-0.15, -0.1) is 11.3 Å². The van der Waals surface area contributed by atoms with Crippen LogP contribution in [0, 0.1) is 11.6 Å². The number of halogens is 2. The Morgan fingerprint density at radius 3 is 2.70 bits per heavy atom. The molecule has 108 valence electrons. The van der Waals surface area contributed by atoms with Crippen molar-refractivity contribution in [2.24, 2.45) is 0 Å². The van der Waals surface area contributed by atoms with Crippen LogP contribution in [0.3, 0.4) is 0 Å². The molecule has 0 aliphatic rings. The monoisotopic (exact) mass is 319 g/mol. The second-order valence-electron chi connectivity index (χ2n) is 4.06. The van der Waals surface area contributed by atoms with E-state index in [4.69, 9.17) is 5.73 Å². The fraction of sp³-hybridized carbons (Fsp3) is 0.182. The summed E-state index contributed by atoms with van der Waals surface area (Å²) in [7, 11) is -2.93. The SMILES string of the molecule is CN(Cc1cscn1)S(=O)(=O)c1cc(N)cc(F)c1F. The molecule has 20 heavy (non-hydrogen) atoms. The van der Waals surface area contributed by atoms with Crippen molar-refractivity contribution in [3.05, 3.63) is 40.4 Å². The first kappa shape index (κ1) is 14.8. The zero-order valence-corrected chi connectivity index (χ0v) is 12.0. The normalized spacial score (nSPS) is 12.0. The van der Waals surface area contributed by atoms with Crippen molar-refractivity contribution in [2.75, 3.05) is 12.8 Å². The zero-order chi connectivity index (χ0) is 14.9. The maximum absolute atomic E-state index is 13.7. The number of nitrogens with zero attached hydrogens (tertiary/aromatic N) is 2. The van der Waals surface area contributed by atoms with Crippen LogP contribution in [-0.2, 0) is 16.6 Å². The number of rotatable bonds is 4. The molecule has 1 aromatic carbocycles. The summed E-state index contributed by atoms with van der Waals surface area (Å²) in [5.41, 5.74) is 7.27. The zero-order valence-electron chi connectivity index (χ0n) is 10.4. The lowest BCUT2D eigenvalue weighted by molar-refractivity contribution is 0.445. The molecule has 0 atom stereocenters. The van der Waals surface area contributed by atoms with Crippen LogP contribution in [0.15, 0.2) is 27.9 Å². The summed E-state index contributed by atoms with van der Waals surface area (Å²) >= 11 is 1.31. The van der Waals surface area contributed by atoms with Gasteiger partial charge in [-0.3, -0.25) is 0 Å². The van der Waals surface area contributed by atoms with Gasteiger partial charge in [0.2, 0.25) is 10.0 Å². The quantitative estimate of drug-likeness (QED) is 0.872. The summed E-state index contributed by atoms with van der Waals surface area (Å²) in [5.74, 6) is -2.74. The summed E-state index contributed by atoms with van der Waals surface area (Å²) in [5, 5.41) is 1.67. The number of aromatic nitrogens is 1. The molecule has 0 aliphatic heterocycles. The molecule has 0 fully saturated rings. The van der Waals surface area contributed by atoms with Crippen LogP contribution in [0.5, 0.6) is 0 Å². The summed E-state index contributed by atoms with van der Waals surface area (Å²) in [4.78, 5) is 3.16. The molecule has 9 heteroatoms. The molecule has 2 aromatic rings. The van der Waals surface area contributed by atoms with Gasteiger partial charge < -0.3 is 5.73 Å². The summed E-state index contributed by atoms with van der Waals surface area (Å²) in [6.07, 6.45) is 0. The van der Waals surface area contributed by atoms with Gasteiger partial charge in [0.25, 0.3) is 0 Å². The van der Waals surface area contributed by atoms with Gasteiger partial charge in [0.15, 0.2) is 11.6 Å². The van der Waals surface area contributed by atoms with Gasteiger partial charge in [0.1, 0.15) is 4.90 Å². The Morgan fingerprint density at radius 1 is 1.40 bits per heavy atom. The van der Waals surface area contributed by atoms with Gasteiger partial charge in [-0.25, -0.2) is 22.2 Å². The second kappa shape index (κ2) is 5.43. The second-order valence-corrected chi connectivity index (χ2v) is 6.79. The molecular weight excluding hydrogens is 308 g/mol. The molecule has 0 saturated heterocycles. The molecule has 2 rings (SSSR count). The molecule has 5 nitrogen and oxygen atoms in total. The molecule has 0 amide bonds. The predicted molar refractivity (Wildman–Crippen MR) is 71.5 cm³/mol. The van der Waals surface area contributed by atoms with Crippen LogP contribution in [0.4, 0.5) is 14.5 Å². The van der Waals surface area contributed by atoms with E-state index in [1.807, 2.05) is 0 Å². The number of nitrogen functional groups attached to an aromatic ring is 1. The molecule has 0 spiro atoms. The number of hydrogen-bond donors (Lipinski definition) is 1. The van der Waals surface area contributed by atoms with Crippen molar-refractivity contribution >= 4 is 27.0 Å². The molecular formula is C11H11F2N3O2S2. The van der Waals surface area contributed by atoms with E-state index in [-0.39, 0.29) is 12.2 Å². The van der Waals surface area contributed by atoms with Crippen molar-refractivity contribution in [1.29, 1.82) is 0 Å². The van der Waals surface area contributed by atoms with E-state index in [0.717, 1.165) is 16.4 Å². The van der Waals surface area contributed by atoms with Crippen LogP contribution in [0.1, 0.15) is 5.69 Å². The molecule has 0 bridgehead atoms. The molecule has 0 aliphatic carbocycles. The number of nitrogens with two attached hydrogens (primary N) is 1. The lowest BCUT2D eigenvalue weighted by atomic mass is 10.3. The third kappa shape index (κ3) is 2.79. The molecule has 2 N–H and O–H groups in total. The highest BCUT2D eigenvalue weighted by atomic mass is 32.2. The maximum atomic E-state index is 13.7. The van der Waals surface area contributed by atoms with Crippen molar-refractivity contribution in [1.82, 2.24) is 9.29 Å². The molecule has 0 radical (unpaired) electrons. The van der Waals surface area contributed by atoms with Gasteiger partial charge in [-0.1, -0.05) is 0 Å². The van der Waals surface area contributed by atoms with E-state index in [1.54, 1.807) is 10.9 Å². The summed E-state index contributed by atoms with van der Waals surface area (Å²) in [6, 6.07) is 1.63. The third-order valence-corrected chi connectivity index (χ3v) is 5.01. The maximum Gasteiger partial charge on any atom is 0.246 e. The first-order chi connectivity index (χ1) is 9.32. The van der Waals surface area contributed by atoms with Crippen LogP contribution in [-0.4, -0.2) is 24.8 Å². The Hall–Kier alpha value is -1.58. The smallest absolute Gasteiger partial charge is 0.246 e. The summed E-state index contributed by atoms with van der Waals surface area (Å²) in [6.45, 7) is -0.0400. The minimum Gasteiger partial charge on any atom is -0.399 e. The van der Waals surface area contributed by atoms with Gasteiger partial charge in [0.05, 0.1) is 17.7 Å². The topological polar surface area (TPSA) is 76.3 Å². The molecule has 1 heterocycles. The van der Waals surface area contributed by atoms with Crippen molar-refractivity contribution in [3.63, 3.8) is 0 Å². The van der Waals surface area contributed by atoms with Crippen molar-refractivity contribution in [2.45, 2.75) is 11.4 Å². The number of sulfonamides is 1. The van der Waals surface area contributed by atoms with Crippen LogP contribution in [0.25, 0.3) is 0 Å². The average Bonchev–Trinajstić information content (AvgIpc) is 2.86. The van der Waals surface area contributed by atoms with Crippen molar-refractivity contribution in [3.8, 4) is 0 Å². The Balaban J connectivity index is 2.40. The predicted octanol–water partition coefficient (Wildman–Crippen LogP) is 1.82. The minimum absolute atomic E-state index is 0.0400. The Bertz CT molecular complexity index is 718. The van der Waals surface area contributed by atoms with Crippen LogP contribution < -0.4 is 5.73 Å². The van der Waals surface area contributed by atoms with Gasteiger partial charge in [-0.2, -0.15) is 4.31 Å². The van der Waals surface area contributed by atoms with E-state index in [2.05, 4.69) is 4.98 Å². The van der Waals surface area contributed by atoms with Crippen LogP contribution in [0.2, 0.25) is 0 Å². The number of hydrogen-bond acceptors (Lipinski definition) is 5. The minimum atomic E-state index is -4.19. The van der Waals surface area contributed by atoms with Gasteiger partial charge in [0, 0.05) is 18.1 Å². The van der Waals surface area contributed by atoms with E-state index in [1.165, 1.54) is 18.4 Å². The van der Waals surface area contributed by atoms with Gasteiger partial charge in [-0.05, 0) is 12.1 Å². The van der Waals surface area contributed by atoms with Crippen LogP contribution >= 0.6 is 11.3 Å². The highest BCUT2D eigenvalue weighted by Crippen LogP contribution is 2.24. The molecule has 0 unspecified atom stereocenters. The highest BCUT2D eigenvalue weighted by molar-refractivity contribution is 7.89. The molecule has 1 aromatic heterocycles. The fourth-order valence-electron chi connectivity index (χ4n) is 1.57. The third-order valence-electron chi connectivity index (χ3n) is 2.57. The lowest BCUT2D eigenvalue weighted by Gasteiger charge is -2.17. The number of benzene rings is 1.